The van der Waals surface area contributed by atoms with Crippen molar-refractivity contribution in [2.75, 3.05) is 23.7 Å². The maximum atomic E-state index is 9.16. The molecule has 5 nitrogen and oxygen atoms in total. The second kappa shape index (κ2) is 4.11. The van der Waals surface area contributed by atoms with Crippen LogP contribution in [0.1, 0.15) is 33.3 Å². The molecule has 2 N–H and O–H groups in total. The van der Waals surface area contributed by atoms with E-state index in [0.29, 0.717) is 11.4 Å². The molecule has 0 aliphatic carbocycles. The lowest BCUT2D eigenvalue weighted by Crippen LogP contribution is -2.57. The smallest absolute Gasteiger partial charge is 0.157 e. The van der Waals surface area contributed by atoms with E-state index in [1.165, 1.54) is 11.5 Å². The molecule has 0 saturated carbocycles. The van der Waals surface area contributed by atoms with E-state index in [-0.39, 0.29) is 11.2 Å². The highest BCUT2D eigenvalue weighted by atomic mass is 32.1. The summed E-state index contributed by atoms with van der Waals surface area (Å²) in [5.41, 5.74) is 5.68. The number of aromatic nitrogens is 1. The average molecular weight is 266 g/mol. The molecule has 18 heavy (non-hydrogen) atoms. The third kappa shape index (κ3) is 2.42. The Bertz CT molecular complexity index is 485. The third-order valence-electron chi connectivity index (χ3n) is 2.80. The molecule has 0 atom stereocenters. The van der Waals surface area contributed by atoms with E-state index in [1.807, 2.05) is 0 Å². The van der Waals surface area contributed by atoms with Crippen molar-refractivity contribution in [3.63, 3.8) is 0 Å². The third-order valence-corrected chi connectivity index (χ3v) is 3.72. The van der Waals surface area contributed by atoms with Crippen LogP contribution < -0.4 is 10.6 Å². The summed E-state index contributed by atoms with van der Waals surface area (Å²) in [4.78, 5) is 2.15. The van der Waals surface area contributed by atoms with Crippen LogP contribution in [0.3, 0.4) is 0 Å². The number of hydrogen-bond acceptors (Lipinski definition) is 6. The fourth-order valence-electron chi connectivity index (χ4n) is 2.55. The number of nitrogen functional groups attached to an aromatic ring is 1. The maximum Gasteiger partial charge on any atom is 0.157 e. The minimum absolute atomic E-state index is 0.257. The van der Waals surface area contributed by atoms with Crippen LogP contribution >= 0.6 is 11.5 Å². The maximum absolute atomic E-state index is 9.16. The van der Waals surface area contributed by atoms with Crippen LogP contribution in [-0.2, 0) is 4.74 Å². The number of morpholine rings is 1. The summed E-state index contributed by atoms with van der Waals surface area (Å²) >= 11 is 1.28. The van der Waals surface area contributed by atoms with Gasteiger partial charge in [-0.3, -0.25) is 0 Å². The van der Waals surface area contributed by atoms with Crippen LogP contribution in [0.5, 0.6) is 0 Å². The standard InChI is InChI=1S/C12H18N4OS/c1-11(2)6-16(7-12(3,4)17-11)10-8(5-13)9(14)15-18-10/h6-7H2,1-4H3,(H2,14,15). The van der Waals surface area contributed by atoms with Crippen LogP contribution in [-0.4, -0.2) is 28.7 Å². The molecule has 1 fully saturated rings. The van der Waals surface area contributed by atoms with Crippen LogP contribution in [0, 0.1) is 11.3 Å². The van der Waals surface area contributed by atoms with Crippen molar-refractivity contribution in [2.45, 2.75) is 38.9 Å². The van der Waals surface area contributed by atoms with E-state index in [9.17, 15) is 0 Å². The Hall–Kier alpha value is -1.32. The van der Waals surface area contributed by atoms with Crippen molar-refractivity contribution in [1.29, 1.82) is 5.26 Å². The van der Waals surface area contributed by atoms with Gasteiger partial charge in [0.05, 0.1) is 11.2 Å². The van der Waals surface area contributed by atoms with Crippen molar-refractivity contribution in [3.8, 4) is 6.07 Å². The summed E-state index contributed by atoms with van der Waals surface area (Å²) in [6.07, 6.45) is 0. The molecule has 0 radical (unpaired) electrons. The molecule has 0 unspecified atom stereocenters. The second-order valence-corrected chi connectivity index (χ2v) is 6.59. The van der Waals surface area contributed by atoms with Gasteiger partial charge >= 0.3 is 0 Å². The van der Waals surface area contributed by atoms with Crippen molar-refractivity contribution >= 4 is 22.4 Å². The Morgan fingerprint density at radius 1 is 1.33 bits per heavy atom. The number of anilines is 2. The highest BCUT2D eigenvalue weighted by Crippen LogP contribution is 2.36. The van der Waals surface area contributed by atoms with Crippen LogP contribution in [0.25, 0.3) is 0 Å². The van der Waals surface area contributed by atoms with Gasteiger partial charge in [-0.1, -0.05) is 0 Å². The summed E-state index contributed by atoms with van der Waals surface area (Å²) < 4.78 is 10.1. The largest absolute Gasteiger partial charge is 0.382 e. The number of ether oxygens (including phenoxy) is 1. The van der Waals surface area contributed by atoms with Crippen LogP contribution in [0.2, 0.25) is 0 Å². The van der Waals surface area contributed by atoms with Crippen molar-refractivity contribution in [1.82, 2.24) is 4.37 Å². The molecule has 6 heteroatoms. The minimum atomic E-state index is -0.257. The van der Waals surface area contributed by atoms with Crippen LogP contribution in [0.15, 0.2) is 0 Å². The monoisotopic (exact) mass is 266 g/mol. The van der Waals surface area contributed by atoms with E-state index in [2.05, 4.69) is 43.0 Å². The molecule has 1 saturated heterocycles. The first-order chi connectivity index (χ1) is 8.24. The summed E-state index contributed by atoms with van der Waals surface area (Å²) in [5.74, 6) is 0.319. The second-order valence-electron chi connectivity index (χ2n) is 5.84. The van der Waals surface area contributed by atoms with Gasteiger partial charge in [-0.15, -0.1) is 0 Å². The molecular formula is C12H18N4OS. The first-order valence-corrected chi connectivity index (χ1v) is 6.62. The van der Waals surface area contributed by atoms with Gasteiger partial charge in [-0.05, 0) is 39.2 Å². The number of nitrogens with zero attached hydrogens (tertiary/aromatic N) is 3. The minimum Gasteiger partial charge on any atom is -0.382 e. The van der Waals surface area contributed by atoms with Gasteiger partial charge < -0.3 is 15.4 Å². The molecule has 0 amide bonds. The van der Waals surface area contributed by atoms with Gasteiger partial charge in [0.15, 0.2) is 5.82 Å². The number of nitriles is 1. The van der Waals surface area contributed by atoms with Gasteiger partial charge in [0, 0.05) is 13.1 Å². The Labute approximate surface area is 111 Å². The van der Waals surface area contributed by atoms with Crippen molar-refractivity contribution < 1.29 is 4.74 Å². The van der Waals surface area contributed by atoms with Gasteiger partial charge in [0.2, 0.25) is 0 Å². The normalized spacial score (nSPS) is 21.6. The Morgan fingerprint density at radius 3 is 2.39 bits per heavy atom. The number of hydrogen-bond donors (Lipinski definition) is 1. The lowest BCUT2D eigenvalue weighted by molar-refractivity contribution is -0.132. The number of rotatable bonds is 1. The lowest BCUT2D eigenvalue weighted by Gasteiger charge is -2.47. The van der Waals surface area contributed by atoms with Gasteiger partial charge in [0.25, 0.3) is 0 Å². The van der Waals surface area contributed by atoms with E-state index >= 15 is 0 Å². The lowest BCUT2D eigenvalue weighted by atomic mass is 9.99. The average Bonchev–Trinajstić information content (AvgIpc) is 2.54. The Kier molecular flexibility index (Phi) is 2.99. The molecule has 2 rings (SSSR count). The fourth-order valence-corrected chi connectivity index (χ4v) is 3.31. The van der Waals surface area contributed by atoms with Gasteiger partial charge in [-0.2, -0.15) is 9.64 Å². The molecule has 2 heterocycles. The molecule has 98 valence electrons. The zero-order chi connectivity index (χ0) is 13.6. The predicted molar refractivity (Wildman–Crippen MR) is 72.7 cm³/mol. The quantitative estimate of drug-likeness (QED) is 0.841. The SMILES string of the molecule is CC1(C)CN(c2snc(N)c2C#N)CC(C)(C)O1. The fraction of sp³-hybridized carbons (Fsp3) is 0.667. The van der Waals surface area contributed by atoms with E-state index in [0.717, 1.165) is 18.1 Å². The molecule has 1 aliphatic rings. The highest BCUT2D eigenvalue weighted by Gasteiger charge is 2.39. The summed E-state index contributed by atoms with van der Waals surface area (Å²) in [7, 11) is 0. The molecular weight excluding hydrogens is 248 g/mol. The molecule has 1 aliphatic heterocycles. The van der Waals surface area contributed by atoms with E-state index in [1.54, 1.807) is 0 Å². The Balaban J connectivity index is 2.36. The molecule has 0 spiro atoms. The summed E-state index contributed by atoms with van der Waals surface area (Å²) in [6, 6.07) is 2.14. The number of nitrogens with two attached hydrogens (primary N) is 1. The summed E-state index contributed by atoms with van der Waals surface area (Å²) in [5, 5.41) is 10.0. The Morgan fingerprint density at radius 2 is 1.89 bits per heavy atom. The molecule has 1 aromatic rings. The molecule has 0 aromatic carbocycles. The predicted octanol–water partition coefficient (Wildman–Crippen LogP) is 1.99. The van der Waals surface area contributed by atoms with Crippen molar-refractivity contribution in [2.24, 2.45) is 0 Å². The topological polar surface area (TPSA) is 75.2 Å². The first-order valence-electron chi connectivity index (χ1n) is 5.84. The highest BCUT2D eigenvalue weighted by molar-refractivity contribution is 7.10. The molecule has 1 aromatic heterocycles. The van der Waals surface area contributed by atoms with Gasteiger partial charge in [0.1, 0.15) is 16.6 Å². The van der Waals surface area contributed by atoms with Gasteiger partial charge in [-0.25, -0.2) is 0 Å². The summed E-state index contributed by atoms with van der Waals surface area (Å²) in [6.45, 7) is 9.67. The zero-order valence-electron chi connectivity index (χ0n) is 11.1. The first kappa shape index (κ1) is 13.1. The van der Waals surface area contributed by atoms with E-state index < -0.39 is 0 Å². The van der Waals surface area contributed by atoms with Crippen LogP contribution in [0.4, 0.5) is 10.8 Å². The zero-order valence-corrected chi connectivity index (χ0v) is 12.0. The van der Waals surface area contributed by atoms with Crippen molar-refractivity contribution in [3.05, 3.63) is 5.56 Å². The van der Waals surface area contributed by atoms with E-state index in [4.69, 9.17) is 15.7 Å². The molecule has 0 bridgehead atoms.